The van der Waals surface area contributed by atoms with Crippen molar-refractivity contribution in [2.75, 3.05) is 0 Å². The zero-order chi connectivity index (χ0) is 11.8. The van der Waals surface area contributed by atoms with Gasteiger partial charge in [0.1, 0.15) is 0 Å². The largest absolute Gasteiger partial charge is 0.289 e. The van der Waals surface area contributed by atoms with E-state index in [-0.39, 0.29) is 5.78 Å². The van der Waals surface area contributed by atoms with E-state index in [1.54, 1.807) is 18.2 Å². The second-order valence-corrected chi connectivity index (χ2v) is 4.15. The van der Waals surface area contributed by atoms with Crippen molar-refractivity contribution in [1.29, 1.82) is 0 Å². The van der Waals surface area contributed by atoms with Gasteiger partial charge in [-0.15, -0.1) is 0 Å². The van der Waals surface area contributed by atoms with Gasteiger partial charge in [0.05, 0.1) is 5.92 Å². The van der Waals surface area contributed by atoms with Crippen LogP contribution in [0.15, 0.2) is 54.1 Å². The fraction of sp³-hybridized carbons (Fsp3) is 0.0667. The number of hydrogen-bond acceptors (Lipinski definition) is 2. The highest BCUT2D eigenvalue weighted by molar-refractivity contribution is 6.46. The molecule has 1 atom stereocenters. The lowest BCUT2D eigenvalue weighted by molar-refractivity contribution is -0.116. The lowest BCUT2D eigenvalue weighted by atomic mass is 9.89. The van der Waals surface area contributed by atoms with Crippen LogP contribution in [0.1, 0.15) is 15.9 Å². The fourth-order valence-corrected chi connectivity index (χ4v) is 2.22. The maximum Gasteiger partial charge on any atom is 0.230 e. The summed E-state index contributed by atoms with van der Waals surface area (Å²) in [6, 6.07) is 7.22. The van der Waals surface area contributed by atoms with Crippen molar-refractivity contribution in [3.63, 3.8) is 0 Å². The summed E-state index contributed by atoms with van der Waals surface area (Å²) in [5.41, 5.74) is 2.21. The van der Waals surface area contributed by atoms with Crippen LogP contribution in [-0.2, 0) is 4.79 Å². The van der Waals surface area contributed by atoms with Crippen LogP contribution in [0, 0.1) is 5.92 Å². The average Bonchev–Trinajstić information content (AvgIpc) is 2.48. The number of benzene rings is 1. The van der Waals surface area contributed by atoms with E-state index < -0.39 is 11.7 Å². The predicted molar refractivity (Wildman–Crippen MR) is 65.5 cm³/mol. The molecule has 0 saturated carbocycles. The Balaban J connectivity index is 2.25. The van der Waals surface area contributed by atoms with Gasteiger partial charge in [-0.25, -0.2) is 0 Å². The van der Waals surface area contributed by atoms with Crippen LogP contribution >= 0.6 is 0 Å². The molecule has 1 unspecified atom stereocenters. The molecule has 0 N–H and O–H groups in total. The van der Waals surface area contributed by atoms with Gasteiger partial charge < -0.3 is 0 Å². The second-order valence-electron chi connectivity index (χ2n) is 4.15. The minimum absolute atomic E-state index is 0.346. The molecule has 0 saturated heterocycles. The zero-order valence-electron chi connectivity index (χ0n) is 9.09. The van der Waals surface area contributed by atoms with Crippen LogP contribution in [0.4, 0.5) is 0 Å². The standard InChI is InChI=1S/C15H10O2/c16-14-12-7-3-1-5-10(12)9-11-6-2-4-8-13(11)15(14)17/h1-9,12H. The van der Waals surface area contributed by atoms with Crippen LogP contribution in [0.2, 0.25) is 0 Å². The Morgan fingerprint density at radius 3 is 2.71 bits per heavy atom. The monoisotopic (exact) mass is 222 g/mol. The summed E-state index contributed by atoms with van der Waals surface area (Å²) in [7, 11) is 0. The van der Waals surface area contributed by atoms with E-state index in [0.29, 0.717) is 5.56 Å². The average molecular weight is 222 g/mol. The van der Waals surface area contributed by atoms with Crippen molar-refractivity contribution in [3.05, 3.63) is 65.3 Å². The van der Waals surface area contributed by atoms with Crippen LogP contribution in [0.25, 0.3) is 6.08 Å². The van der Waals surface area contributed by atoms with Crippen molar-refractivity contribution in [2.45, 2.75) is 0 Å². The number of carbonyl (C=O) groups excluding carboxylic acids is 2. The van der Waals surface area contributed by atoms with Gasteiger partial charge in [-0.3, -0.25) is 9.59 Å². The molecule has 2 aliphatic rings. The smallest absolute Gasteiger partial charge is 0.230 e. The molecule has 0 heterocycles. The molecule has 82 valence electrons. The lowest BCUT2D eigenvalue weighted by Gasteiger charge is -2.12. The lowest BCUT2D eigenvalue weighted by Crippen LogP contribution is -2.23. The van der Waals surface area contributed by atoms with Crippen LogP contribution in [-0.4, -0.2) is 11.6 Å². The third kappa shape index (κ3) is 1.49. The Kier molecular flexibility index (Phi) is 2.15. The number of Topliss-reactive ketones (excluding diaryl/α,β-unsaturated/α-hetero) is 2. The van der Waals surface area contributed by atoms with Crippen molar-refractivity contribution in [3.8, 4) is 0 Å². The number of carbonyl (C=O) groups is 2. The summed E-state index contributed by atoms with van der Waals surface area (Å²) in [5.74, 6) is -1.15. The quantitative estimate of drug-likeness (QED) is 0.632. The highest BCUT2D eigenvalue weighted by Gasteiger charge is 2.30. The fourth-order valence-electron chi connectivity index (χ4n) is 2.22. The van der Waals surface area contributed by atoms with Crippen molar-refractivity contribution < 1.29 is 9.59 Å². The molecule has 2 aliphatic carbocycles. The van der Waals surface area contributed by atoms with Gasteiger partial charge in [0, 0.05) is 5.56 Å². The van der Waals surface area contributed by atoms with E-state index in [9.17, 15) is 9.59 Å². The van der Waals surface area contributed by atoms with Gasteiger partial charge in [-0.05, 0) is 17.2 Å². The highest BCUT2D eigenvalue weighted by Crippen LogP contribution is 2.28. The minimum atomic E-state index is -0.417. The maximum absolute atomic E-state index is 12.1. The summed E-state index contributed by atoms with van der Waals surface area (Å²) in [6.07, 6.45) is 9.27. The number of allylic oxidation sites excluding steroid dienone is 5. The molecule has 0 aliphatic heterocycles. The molecule has 1 aromatic rings. The molecule has 0 aromatic heterocycles. The van der Waals surface area contributed by atoms with Crippen molar-refractivity contribution in [2.24, 2.45) is 5.92 Å². The summed E-state index contributed by atoms with van der Waals surface area (Å²) < 4.78 is 0. The Hall–Kier alpha value is -2.22. The van der Waals surface area contributed by atoms with Crippen LogP contribution < -0.4 is 0 Å². The molecule has 0 spiro atoms. The first-order valence-corrected chi connectivity index (χ1v) is 5.51. The first kappa shape index (κ1) is 9.97. The first-order chi connectivity index (χ1) is 8.27. The Labute approximate surface area is 99.0 Å². The number of fused-ring (bicyclic) bond motifs is 2. The Morgan fingerprint density at radius 1 is 1.00 bits per heavy atom. The summed E-state index contributed by atoms with van der Waals surface area (Å²) in [4.78, 5) is 24.1. The van der Waals surface area contributed by atoms with E-state index in [4.69, 9.17) is 0 Å². The maximum atomic E-state index is 12.1. The molecule has 17 heavy (non-hydrogen) atoms. The van der Waals surface area contributed by atoms with Gasteiger partial charge in [0.2, 0.25) is 11.6 Å². The normalized spacial score (nSPS) is 21.6. The van der Waals surface area contributed by atoms with Crippen molar-refractivity contribution in [1.82, 2.24) is 0 Å². The third-order valence-corrected chi connectivity index (χ3v) is 3.10. The highest BCUT2D eigenvalue weighted by atomic mass is 16.2. The molecule has 0 radical (unpaired) electrons. The van der Waals surface area contributed by atoms with Gasteiger partial charge in [-0.2, -0.15) is 0 Å². The van der Waals surface area contributed by atoms with Gasteiger partial charge in [-0.1, -0.05) is 48.6 Å². The van der Waals surface area contributed by atoms with E-state index in [1.807, 2.05) is 36.4 Å². The Morgan fingerprint density at radius 2 is 1.82 bits per heavy atom. The summed E-state index contributed by atoms with van der Waals surface area (Å²) in [5, 5.41) is 0. The molecule has 0 bridgehead atoms. The predicted octanol–water partition coefficient (Wildman–Crippen LogP) is 2.58. The van der Waals surface area contributed by atoms with Gasteiger partial charge in [0.15, 0.2) is 0 Å². The van der Waals surface area contributed by atoms with Crippen molar-refractivity contribution >= 4 is 17.6 Å². The summed E-state index contributed by atoms with van der Waals surface area (Å²) >= 11 is 0. The zero-order valence-corrected chi connectivity index (χ0v) is 9.09. The number of ketones is 2. The van der Waals surface area contributed by atoms with E-state index >= 15 is 0 Å². The van der Waals surface area contributed by atoms with Gasteiger partial charge in [0.25, 0.3) is 0 Å². The van der Waals surface area contributed by atoms with Gasteiger partial charge >= 0.3 is 0 Å². The first-order valence-electron chi connectivity index (χ1n) is 5.51. The SMILES string of the molecule is O=C1C(=O)C2C=CC=CC2=Cc2ccccc21. The molecule has 0 fully saturated rings. The van der Waals surface area contributed by atoms with E-state index in [0.717, 1.165) is 11.1 Å². The van der Waals surface area contributed by atoms with E-state index in [1.165, 1.54) is 0 Å². The van der Waals surface area contributed by atoms with Crippen LogP contribution in [0.3, 0.4) is 0 Å². The molecule has 3 rings (SSSR count). The third-order valence-electron chi connectivity index (χ3n) is 3.10. The molecule has 2 heteroatoms. The number of hydrogen-bond donors (Lipinski definition) is 0. The van der Waals surface area contributed by atoms with Crippen LogP contribution in [0.5, 0.6) is 0 Å². The topological polar surface area (TPSA) is 34.1 Å². The second kappa shape index (κ2) is 3.67. The molecule has 1 aromatic carbocycles. The van der Waals surface area contributed by atoms with E-state index in [2.05, 4.69) is 0 Å². The molecular weight excluding hydrogens is 212 g/mol. The minimum Gasteiger partial charge on any atom is -0.289 e. The molecular formula is C15H10O2. The number of rotatable bonds is 0. The molecule has 0 amide bonds. The Bertz CT molecular complexity index is 603. The summed E-state index contributed by atoms with van der Waals surface area (Å²) in [6.45, 7) is 0. The molecule has 2 nitrogen and oxygen atoms in total.